The number of aliphatic hydroxyl groups excluding tert-OH is 5. The van der Waals surface area contributed by atoms with Gasteiger partial charge in [-0.1, -0.05) is 0 Å². The third-order valence-electron chi connectivity index (χ3n) is 3.20. The first-order chi connectivity index (χ1) is 9.83. The normalized spacial score (nSPS) is 22.1. The van der Waals surface area contributed by atoms with Crippen LogP contribution in [0.15, 0.2) is 0 Å². The SMILES string of the molecule is BOC(CO)CC(O)C(OS)C(O)C(O)[C@H](O)C(C)OI. The highest BCUT2D eigenvalue weighted by atomic mass is 127. The Morgan fingerprint density at radius 3 is 2.10 bits per heavy atom. The maximum Gasteiger partial charge on any atom is 0.257 e. The van der Waals surface area contributed by atoms with Gasteiger partial charge in [-0.05, 0) is 19.8 Å². The van der Waals surface area contributed by atoms with Crippen LogP contribution in [0, 0.1) is 0 Å². The summed E-state index contributed by atoms with van der Waals surface area (Å²) in [7, 11) is 1.36. The largest absolute Gasteiger partial charge is 0.439 e. The first-order valence-corrected chi connectivity index (χ1v) is 7.52. The molecular weight excluding hydrogens is 418 g/mol. The van der Waals surface area contributed by atoms with Gasteiger partial charge in [0.15, 0.2) is 0 Å². The van der Waals surface area contributed by atoms with Crippen LogP contribution < -0.4 is 0 Å². The van der Waals surface area contributed by atoms with Gasteiger partial charge in [-0.2, -0.15) is 0 Å². The second-order valence-electron chi connectivity index (χ2n) is 4.68. The van der Waals surface area contributed by atoms with Gasteiger partial charge in [0.2, 0.25) is 0 Å². The van der Waals surface area contributed by atoms with Gasteiger partial charge in [0, 0.05) is 6.42 Å². The number of halogens is 1. The van der Waals surface area contributed by atoms with Crippen LogP contribution in [0.4, 0.5) is 0 Å². The lowest BCUT2D eigenvalue weighted by atomic mass is 9.94. The van der Waals surface area contributed by atoms with E-state index in [1.807, 2.05) is 0 Å². The molecule has 0 heterocycles. The monoisotopic (exact) mass is 440 g/mol. The van der Waals surface area contributed by atoms with Gasteiger partial charge in [0.25, 0.3) is 8.05 Å². The summed E-state index contributed by atoms with van der Waals surface area (Å²) in [6.07, 6.45) is -8.61. The molecule has 0 aliphatic heterocycles. The van der Waals surface area contributed by atoms with Crippen molar-refractivity contribution in [3.63, 3.8) is 0 Å². The lowest BCUT2D eigenvalue weighted by Gasteiger charge is -2.32. The molecule has 0 fully saturated rings. The van der Waals surface area contributed by atoms with Crippen molar-refractivity contribution in [2.75, 3.05) is 6.61 Å². The molecule has 0 aliphatic rings. The van der Waals surface area contributed by atoms with E-state index in [2.05, 4.69) is 12.9 Å². The van der Waals surface area contributed by atoms with Crippen LogP contribution in [0.3, 0.4) is 0 Å². The molecule has 0 radical (unpaired) electrons. The summed E-state index contributed by atoms with van der Waals surface area (Å²) in [5, 5.41) is 48.7. The highest BCUT2D eigenvalue weighted by Crippen LogP contribution is 2.19. The molecule has 6 unspecified atom stereocenters. The van der Waals surface area contributed by atoms with E-state index in [0.29, 0.717) is 0 Å². The van der Waals surface area contributed by atoms with Crippen LogP contribution in [0.5, 0.6) is 0 Å². The molecule has 11 heteroatoms. The van der Waals surface area contributed by atoms with E-state index in [1.54, 1.807) is 23.0 Å². The van der Waals surface area contributed by atoms with Gasteiger partial charge >= 0.3 is 0 Å². The second-order valence-corrected chi connectivity index (χ2v) is 5.40. The smallest absolute Gasteiger partial charge is 0.257 e. The molecule has 0 aliphatic carbocycles. The Morgan fingerprint density at radius 1 is 1.14 bits per heavy atom. The third kappa shape index (κ3) is 6.85. The summed E-state index contributed by atoms with van der Waals surface area (Å²) >= 11 is 5.12. The Labute approximate surface area is 144 Å². The first kappa shape index (κ1) is 21.8. The van der Waals surface area contributed by atoms with Gasteiger partial charge in [-0.3, -0.25) is 0 Å². The van der Waals surface area contributed by atoms with Crippen LogP contribution in [-0.4, -0.2) is 82.9 Å². The van der Waals surface area contributed by atoms with E-state index >= 15 is 0 Å². The zero-order valence-electron chi connectivity index (χ0n) is 11.7. The lowest BCUT2D eigenvalue weighted by Crippen LogP contribution is -2.52. The third-order valence-corrected chi connectivity index (χ3v) is 4.25. The molecule has 0 aromatic rings. The van der Waals surface area contributed by atoms with Crippen LogP contribution >= 0.6 is 35.9 Å². The topological polar surface area (TPSA) is 129 Å². The number of hydrogen-bond acceptors (Lipinski definition) is 9. The molecule has 0 saturated carbocycles. The standard InChI is InChI=1S/C10H22BIO8S/c1-4(19-12)7(15)8(16)9(17)10(20-21)6(14)2-5(3-13)18-11/h4-10,13-17,21H,2-3,11H2,1H3/t4?,5?,6?,7-,8?,9?,10?/m1/s1. The van der Waals surface area contributed by atoms with E-state index in [0.717, 1.165) is 0 Å². The Morgan fingerprint density at radius 2 is 1.71 bits per heavy atom. The maximum absolute atomic E-state index is 10.0. The molecule has 0 rings (SSSR count). The fourth-order valence-corrected chi connectivity index (χ4v) is 2.30. The Bertz CT molecular complexity index is 275. The summed E-state index contributed by atoms with van der Waals surface area (Å²) < 4.78 is 14.4. The fourth-order valence-electron chi connectivity index (χ4n) is 1.74. The van der Waals surface area contributed by atoms with Crippen molar-refractivity contribution in [2.45, 2.75) is 56.1 Å². The Kier molecular flexibility index (Phi) is 11.8. The summed E-state index contributed by atoms with van der Waals surface area (Å²) in [6.45, 7) is 1.18. The Hall–Kier alpha value is 0.825. The molecular formula is C10H22BIO8S. The van der Waals surface area contributed by atoms with Crippen LogP contribution in [0.25, 0.3) is 0 Å². The number of thiol groups is 1. The van der Waals surface area contributed by atoms with Crippen molar-refractivity contribution < 1.29 is 37.4 Å². The molecule has 21 heavy (non-hydrogen) atoms. The van der Waals surface area contributed by atoms with Gasteiger partial charge in [-0.15, -0.1) is 0 Å². The molecule has 0 aromatic carbocycles. The lowest BCUT2D eigenvalue weighted by molar-refractivity contribution is -0.138. The number of hydrogen-bond donors (Lipinski definition) is 6. The van der Waals surface area contributed by atoms with Gasteiger partial charge in [0.1, 0.15) is 47.4 Å². The summed E-state index contributed by atoms with van der Waals surface area (Å²) in [4.78, 5) is 0. The van der Waals surface area contributed by atoms with Crippen molar-refractivity contribution in [3.05, 3.63) is 0 Å². The van der Waals surface area contributed by atoms with E-state index in [4.69, 9.17) is 17.0 Å². The predicted molar refractivity (Wildman–Crippen MR) is 87.6 cm³/mol. The molecule has 0 saturated heterocycles. The number of aliphatic hydroxyl groups is 5. The highest BCUT2D eigenvalue weighted by molar-refractivity contribution is 14.1. The summed E-state index contributed by atoms with van der Waals surface area (Å²) in [6, 6.07) is 0. The second kappa shape index (κ2) is 11.4. The van der Waals surface area contributed by atoms with Crippen molar-refractivity contribution in [2.24, 2.45) is 0 Å². The minimum atomic E-state index is -1.61. The Balaban J connectivity index is 4.76. The van der Waals surface area contributed by atoms with E-state index in [1.165, 1.54) is 15.0 Å². The molecule has 0 aromatic heterocycles. The minimum Gasteiger partial charge on any atom is -0.439 e. The van der Waals surface area contributed by atoms with Crippen LogP contribution in [0.1, 0.15) is 13.3 Å². The fraction of sp³-hybridized carbons (Fsp3) is 1.00. The molecule has 0 bridgehead atoms. The zero-order chi connectivity index (χ0) is 16.6. The molecule has 8 nitrogen and oxygen atoms in total. The summed E-state index contributed by atoms with van der Waals surface area (Å²) in [5.41, 5.74) is 0. The molecule has 7 atom stereocenters. The van der Waals surface area contributed by atoms with Gasteiger partial charge in [0.05, 0.1) is 24.9 Å². The van der Waals surface area contributed by atoms with Crippen molar-refractivity contribution in [3.8, 4) is 0 Å². The first-order valence-electron chi connectivity index (χ1n) is 6.27. The van der Waals surface area contributed by atoms with E-state index in [-0.39, 0.29) is 13.0 Å². The van der Waals surface area contributed by atoms with E-state index < -0.39 is 42.7 Å². The molecule has 126 valence electrons. The predicted octanol–water partition coefficient (Wildman–Crippen LogP) is -2.27. The highest BCUT2D eigenvalue weighted by Gasteiger charge is 2.38. The van der Waals surface area contributed by atoms with Crippen molar-refractivity contribution in [1.82, 2.24) is 0 Å². The average molecular weight is 440 g/mol. The van der Waals surface area contributed by atoms with E-state index in [9.17, 15) is 20.4 Å². The number of rotatable bonds is 11. The molecule has 0 spiro atoms. The van der Waals surface area contributed by atoms with Crippen molar-refractivity contribution in [1.29, 1.82) is 0 Å². The summed E-state index contributed by atoms with van der Waals surface area (Å²) in [5.74, 6) is 0. The molecule has 0 amide bonds. The minimum absolute atomic E-state index is 0.0452. The van der Waals surface area contributed by atoms with Gasteiger partial charge < -0.3 is 37.4 Å². The molecule has 5 N–H and O–H groups in total. The van der Waals surface area contributed by atoms with Crippen molar-refractivity contribution >= 4 is 44.0 Å². The van der Waals surface area contributed by atoms with Crippen LogP contribution in [0.2, 0.25) is 0 Å². The average Bonchev–Trinajstić information content (AvgIpc) is 2.50. The zero-order valence-corrected chi connectivity index (χ0v) is 14.8. The quantitative estimate of drug-likeness (QED) is 0.0920. The van der Waals surface area contributed by atoms with Crippen LogP contribution in [-0.2, 0) is 11.9 Å². The maximum atomic E-state index is 10.0. The van der Waals surface area contributed by atoms with Gasteiger partial charge in [-0.25, -0.2) is 0 Å².